The lowest BCUT2D eigenvalue weighted by Gasteiger charge is -2.23. The maximum Gasteiger partial charge on any atom is 0.347 e. The van der Waals surface area contributed by atoms with Gasteiger partial charge in [0.2, 0.25) is 11.8 Å². The number of halogens is 1. The number of methoxy groups -OCH3 is 1. The van der Waals surface area contributed by atoms with Crippen LogP contribution in [-0.4, -0.2) is 33.8 Å². The molecule has 2 aromatic heterocycles. The van der Waals surface area contributed by atoms with E-state index in [0.29, 0.717) is 29.5 Å². The summed E-state index contributed by atoms with van der Waals surface area (Å²) in [5.74, 6) is -0.518. The van der Waals surface area contributed by atoms with E-state index in [2.05, 4.69) is 15.3 Å². The number of rotatable bonds is 11. The molecule has 2 N–H and O–H groups in total. The van der Waals surface area contributed by atoms with Crippen molar-refractivity contribution in [1.82, 2.24) is 15.3 Å². The molecule has 0 spiro atoms. The zero-order valence-corrected chi connectivity index (χ0v) is 20.9. The molecule has 9 nitrogen and oxygen atoms in total. The molecule has 0 radical (unpaired) electrons. The minimum absolute atomic E-state index is 0.0821. The summed E-state index contributed by atoms with van der Waals surface area (Å²) in [5.41, 5.74) is 0.512. The van der Waals surface area contributed by atoms with E-state index in [1.807, 2.05) is 37.3 Å². The van der Waals surface area contributed by atoms with Crippen LogP contribution in [-0.2, 0) is 17.8 Å². The minimum Gasteiger partial charge on any atom is -0.493 e. The molecule has 1 atom stereocenters. The van der Waals surface area contributed by atoms with E-state index in [0.717, 1.165) is 11.3 Å². The van der Waals surface area contributed by atoms with Crippen LogP contribution in [0.25, 0.3) is 11.5 Å². The molecule has 0 saturated heterocycles. The highest BCUT2D eigenvalue weighted by Crippen LogP contribution is 2.35. The summed E-state index contributed by atoms with van der Waals surface area (Å²) < 4.78 is 37.1. The first-order valence-electron chi connectivity index (χ1n) is 11.6. The maximum atomic E-state index is 15.0. The lowest BCUT2D eigenvalue weighted by Crippen LogP contribution is -2.38. The van der Waals surface area contributed by atoms with E-state index >= 15 is 0 Å². The van der Waals surface area contributed by atoms with E-state index in [-0.39, 0.29) is 18.0 Å². The number of ether oxygens (including phenoxy) is 2. The summed E-state index contributed by atoms with van der Waals surface area (Å²) in [6.45, 7) is 4.74. The molecule has 0 fully saturated rings. The number of benzene rings is 2. The van der Waals surface area contributed by atoms with Gasteiger partial charge in [0.15, 0.2) is 22.9 Å². The SMILES string of the molecule is COc1cc(CNC(Cc2nc(-c3ccccc3)oc2C)c2ncco2)cc(F)c1OC(C)(C)C(=O)O. The molecule has 0 aliphatic carbocycles. The van der Waals surface area contributed by atoms with Gasteiger partial charge >= 0.3 is 5.97 Å². The van der Waals surface area contributed by atoms with Gasteiger partial charge in [0.1, 0.15) is 12.0 Å². The van der Waals surface area contributed by atoms with Crippen LogP contribution >= 0.6 is 0 Å². The number of aliphatic carboxylic acids is 1. The van der Waals surface area contributed by atoms with Gasteiger partial charge in [0, 0.05) is 18.5 Å². The van der Waals surface area contributed by atoms with E-state index in [1.165, 1.54) is 33.3 Å². The van der Waals surface area contributed by atoms with E-state index in [9.17, 15) is 14.3 Å². The fourth-order valence-electron chi connectivity index (χ4n) is 3.68. The highest BCUT2D eigenvalue weighted by molar-refractivity contribution is 5.77. The van der Waals surface area contributed by atoms with Crippen molar-refractivity contribution in [2.75, 3.05) is 7.11 Å². The van der Waals surface area contributed by atoms with Gasteiger partial charge in [-0.2, -0.15) is 0 Å². The quantitative estimate of drug-likeness (QED) is 0.284. The van der Waals surface area contributed by atoms with Crippen molar-refractivity contribution in [1.29, 1.82) is 0 Å². The smallest absolute Gasteiger partial charge is 0.347 e. The first-order valence-corrected chi connectivity index (χ1v) is 11.6. The van der Waals surface area contributed by atoms with Crippen LogP contribution in [0.1, 0.15) is 42.8 Å². The lowest BCUT2D eigenvalue weighted by molar-refractivity contribution is -0.152. The second kappa shape index (κ2) is 10.8. The Hall–Kier alpha value is -4.18. The fourth-order valence-corrected chi connectivity index (χ4v) is 3.68. The second-order valence-corrected chi connectivity index (χ2v) is 8.92. The maximum absolute atomic E-state index is 15.0. The van der Waals surface area contributed by atoms with Gasteiger partial charge in [-0.05, 0) is 50.6 Å². The minimum atomic E-state index is -1.64. The third-order valence-electron chi connectivity index (χ3n) is 5.77. The van der Waals surface area contributed by atoms with Crippen LogP contribution < -0.4 is 14.8 Å². The van der Waals surface area contributed by atoms with Crippen molar-refractivity contribution in [3.63, 3.8) is 0 Å². The zero-order chi connectivity index (χ0) is 26.6. The molecule has 37 heavy (non-hydrogen) atoms. The van der Waals surface area contributed by atoms with Crippen LogP contribution in [0, 0.1) is 12.7 Å². The summed E-state index contributed by atoms with van der Waals surface area (Å²) in [6, 6.07) is 12.1. The van der Waals surface area contributed by atoms with Crippen LogP contribution in [0.2, 0.25) is 0 Å². The Morgan fingerprint density at radius 1 is 1.24 bits per heavy atom. The predicted molar refractivity (Wildman–Crippen MR) is 132 cm³/mol. The zero-order valence-electron chi connectivity index (χ0n) is 20.9. The Morgan fingerprint density at radius 2 is 2.00 bits per heavy atom. The van der Waals surface area contributed by atoms with Crippen molar-refractivity contribution in [3.05, 3.63) is 83.7 Å². The summed E-state index contributed by atoms with van der Waals surface area (Å²) >= 11 is 0. The standard InChI is InChI=1S/C27H28FN3O6/c1-16-20(31-24(36-16)18-8-6-5-7-9-18)14-21(25-29-10-11-35-25)30-15-17-12-19(28)23(22(13-17)34-4)37-27(2,3)26(32)33/h5-13,21,30H,14-15H2,1-4H3,(H,32,33). The summed E-state index contributed by atoms with van der Waals surface area (Å²) in [7, 11) is 1.36. The number of hydrogen-bond donors (Lipinski definition) is 2. The summed E-state index contributed by atoms with van der Waals surface area (Å²) in [6.07, 6.45) is 3.44. The number of oxazole rings is 2. The van der Waals surface area contributed by atoms with Gasteiger partial charge in [-0.25, -0.2) is 19.2 Å². The summed E-state index contributed by atoms with van der Waals surface area (Å²) in [4.78, 5) is 20.4. The monoisotopic (exact) mass is 509 g/mol. The van der Waals surface area contributed by atoms with E-state index in [4.69, 9.17) is 18.3 Å². The second-order valence-electron chi connectivity index (χ2n) is 8.92. The topological polar surface area (TPSA) is 120 Å². The number of aryl methyl sites for hydroxylation is 1. The highest BCUT2D eigenvalue weighted by atomic mass is 19.1. The van der Waals surface area contributed by atoms with E-state index < -0.39 is 23.4 Å². The van der Waals surface area contributed by atoms with Crippen LogP contribution in [0.15, 0.2) is 63.8 Å². The molecule has 2 heterocycles. The number of carboxylic acid groups (broad SMARTS) is 1. The summed E-state index contributed by atoms with van der Waals surface area (Å²) in [5, 5.41) is 12.7. The normalized spacial score (nSPS) is 12.4. The number of hydrogen-bond acceptors (Lipinski definition) is 8. The van der Waals surface area contributed by atoms with Crippen LogP contribution in [0.3, 0.4) is 0 Å². The Labute approximate surface area is 213 Å². The molecule has 2 aromatic carbocycles. The Balaban J connectivity index is 1.54. The average Bonchev–Trinajstić information content (AvgIpc) is 3.53. The Kier molecular flexibility index (Phi) is 7.58. The lowest BCUT2D eigenvalue weighted by atomic mass is 10.1. The third-order valence-corrected chi connectivity index (χ3v) is 5.77. The molecule has 0 saturated carbocycles. The number of nitrogens with zero attached hydrogens (tertiary/aromatic N) is 2. The molecule has 10 heteroatoms. The average molecular weight is 510 g/mol. The number of carbonyl (C=O) groups is 1. The van der Waals surface area contributed by atoms with Crippen LogP contribution in [0.5, 0.6) is 11.5 Å². The van der Waals surface area contributed by atoms with Crippen LogP contribution in [0.4, 0.5) is 4.39 Å². The fraction of sp³-hybridized carbons (Fsp3) is 0.296. The van der Waals surface area contributed by atoms with Gasteiger partial charge in [-0.1, -0.05) is 18.2 Å². The largest absolute Gasteiger partial charge is 0.493 e. The van der Waals surface area contributed by atoms with Gasteiger partial charge < -0.3 is 28.7 Å². The third kappa shape index (κ3) is 5.97. The molecule has 1 unspecified atom stereocenters. The molecule has 4 rings (SSSR count). The number of carboxylic acids is 1. The Morgan fingerprint density at radius 3 is 2.65 bits per heavy atom. The molecule has 4 aromatic rings. The van der Waals surface area contributed by atoms with Crippen molar-refractivity contribution >= 4 is 5.97 Å². The molecule has 0 aliphatic heterocycles. The van der Waals surface area contributed by atoms with Gasteiger partial charge in [0.25, 0.3) is 0 Å². The van der Waals surface area contributed by atoms with Gasteiger partial charge in [-0.15, -0.1) is 0 Å². The van der Waals surface area contributed by atoms with Crippen molar-refractivity contribution in [2.24, 2.45) is 0 Å². The first-order chi connectivity index (χ1) is 17.7. The molecular formula is C27H28FN3O6. The molecule has 0 aliphatic rings. The van der Waals surface area contributed by atoms with Gasteiger partial charge in [-0.3, -0.25) is 0 Å². The number of aromatic nitrogens is 2. The molecule has 0 amide bonds. The predicted octanol–water partition coefficient (Wildman–Crippen LogP) is 5.10. The molecular weight excluding hydrogens is 481 g/mol. The molecule has 194 valence electrons. The van der Waals surface area contributed by atoms with Crippen molar-refractivity contribution in [2.45, 2.75) is 45.4 Å². The highest BCUT2D eigenvalue weighted by Gasteiger charge is 2.32. The van der Waals surface area contributed by atoms with Gasteiger partial charge in [0.05, 0.1) is 25.0 Å². The number of nitrogens with one attached hydrogen (secondary N) is 1. The molecule has 0 bridgehead atoms. The first kappa shape index (κ1) is 25.9. The Bertz CT molecular complexity index is 1350. The van der Waals surface area contributed by atoms with E-state index in [1.54, 1.807) is 12.3 Å². The van der Waals surface area contributed by atoms with Crippen molar-refractivity contribution < 1.29 is 32.6 Å². The van der Waals surface area contributed by atoms with Crippen molar-refractivity contribution in [3.8, 4) is 23.0 Å².